The summed E-state index contributed by atoms with van der Waals surface area (Å²) in [6, 6.07) is 3.43. The highest BCUT2D eigenvalue weighted by molar-refractivity contribution is 5.94. The molecule has 0 amide bonds. The highest BCUT2D eigenvalue weighted by Crippen LogP contribution is 2.13. The predicted molar refractivity (Wildman–Crippen MR) is 63.5 cm³/mol. The number of anilines is 1. The Morgan fingerprint density at radius 1 is 1.56 bits per heavy atom. The van der Waals surface area contributed by atoms with Crippen LogP contribution in [0, 0.1) is 5.92 Å². The molecule has 1 aromatic rings. The molecule has 0 saturated carbocycles. The lowest BCUT2D eigenvalue weighted by atomic mass is 10.1. The van der Waals surface area contributed by atoms with Gasteiger partial charge in [-0.25, -0.2) is 9.78 Å². The molecule has 0 unspecified atom stereocenters. The normalized spacial score (nSPS) is 10.2. The summed E-state index contributed by atoms with van der Waals surface area (Å²) in [5.74, 6) is 0.855. The molecule has 0 spiro atoms. The lowest BCUT2D eigenvalue weighted by Gasteiger charge is -2.10. The van der Waals surface area contributed by atoms with Crippen molar-refractivity contribution in [1.29, 1.82) is 0 Å². The van der Waals surface area contributed by atoms with Crippen molar-refractivity contribution in [3.05, 3.63) is 23.9 Å². The topological polar surface area (TPSA) is 51.2 Å². The smallest absolute Gasteiger partial charge is 0.341 e. The molecule has 88 valence electrons. The molecule has 0 aromatic carbocycles. The zero-order valence-corrected chi connectivity index (χ0v) is 9.99. The van der Waals surface area contributed by atoms with E-state index in [9.17, 15) is 4.79 Å². The fraction of sp³-hybridized carbons (Fsp3) is 0.500. The van der Waals surface area contributed by atoms with E-state index in [-0.39, 0.29) is 5.97 Å². The van der Waals surface area contributed by atoms with Crippen molar-refractivity contribution in [2.45, 2.75) is 20.3 Å². The summed E-state index contributed by atoms with van der Waals surface area (Å²) in [5.41, 5.74) is 0.480. The Kier molecular flexibility index (Phi) is 4.76. The number of hydrogen-bond acceptors (Lipinski definition) is 4. The van der Waals surface area contributed by atoms with Gasteiger partial charge in [0.05, 0.1) is 7.11 Å². The number of rotatable bonds is 5. The van der Waals surface area contributed by atoms with Gasteiger partial charge in [-0.3, -0.25) is 0 Å². The van der Waals surface area contributed by atoms with Gasteiger partial charge in [-0.2, -0.15) is 0 Å². The molecule has 0 radical (unpaired) electrons. The first kappa shape index (κ1) is 12.5. The van der Waals surface area contributed by atoms with Crippen molar-refractivity contribution < 1.29 is 9.53 Å². The number of nitrogens with zero attached hydrogens (tertiary/aromatic N) is 1. The van der Waals surface area contributed by atoms with Gasteiger partial charge in [-0.05, 0) is 24.5 Å². The van der Waals surface area contributed by atoms with E-state index in [0.717, 1.165) is 13.0 Å². The van der Waals surface area contributed by atoms with E-state index in [1.807, 2.05) is 0 Å². The van der Waals surface area contributed by atoms with Crippen LogP contribution >= 0.6 is 0 Å². The van der Waals surface area contributed by atoms with Crippen LogP contribution < -0.4 is 5.32 Å². The van der Waals surface area contributed by atoms with Crippen LogP contribution in [-0.4, -0.2) is 24.6 Å². The van der Waals surface area contributed by atoms with Gasteiger partial charge in [-0.15, -0.1) is 0 Å². The molecule has 0 aliphatic heterocycles. The molecular formula is C12H18N2O2. The molecule has 0 saturated heterocycles. The molecule has 4 heteroatoms. The van der Waals surface area contributed by atoms with E-state index >= 15 is 0 Å². The maximum Gasteiger partial charge on any atom is 0.341 e. The summed E-state index contributed by atoms with van der Waals surface area (Å²) in [6.07, 6.45) is 2.70. The average molecular weight is 222 g/mol. The zero-order chi connectivity index (χ0) is 12.0. The first-order chi connectivity index (χ1) is 7.65. The summed E-state index contributed by atoms with van der Waals surface area (Å²) in [4.78, 5) is 15.6. The minimum absolute atomic E-state index is 0.361. The number of carbonyl (C=O) groups excluding carboxylic acids is 1. The van der Waals surface area contributed by atoms with Gasteiger partial charge in [0.1, 0.15) is 11.4 Å². The quantitative estimate of drug-likeness (QED) is 0.777. The van der Waals surface area contributed by atoms with E-state index < -0.39 is 0 Å². The molecular weight excluding hydrogens is 204 g/mol. The number of aromatic nitrogens is 1. The Labute approximate surface area is 96.0 Å². The van der Waals surface area contributed by atoms with Crippen LogP contribution in [-0.2, 0) is 4.74 Å². The van der Waals surface area contributed by atoms with Gasteiger partial charge in [0.25, 0.3) is 0 Å². The molecule has 0 bridgehead atoms. The van der Waals surface area contributed by atoms with Crippen molar-refractivity contribution in [1.82, 2.24) is 4.98 Å². The SMILES string of the molecule is COC(=O)c1cccnc1NCCC(C)C. The van der Waals surface area contributed by atoms with Crippen LogP contribution in [0.5, 0.6) is 0 Å². The number of hydrogen-bond donors (Lipinski definition) is 1. The standard InChI is InChI=1S/C12H18N2O2/c1-9(2)6-8-14-11-10(12(15)16-3)5-4-7-13-11/h4-5,7,9H,6,8H2,1-3H3,(H,13,14). The van der Waals surface area contributed by atoms with Crippen molar-refractivity contribution >= 4 is 11.8 Å². The number of esters is 1. The Morgan fingerprint density at radius 2 is 2.31 bits per heavy atom. The first-order valence-corrected chi connectivity index (χ1v) is 5.42. The van der Waals surface area contributed by atoms with Gasteiger partial charge >= 0.3 is 5.97 Å². The van der Waals surface area contributed by atoms with E-state index in [4.69, 9.17) is 0 Å². The van der Waals surface area contributed by atoms with Gasteiger partial charge in [0, 0.05) is 12.7 Å². The number of methoxy groups -OCH3 is 1. The Balaban J connectivity index is 2.67. The molecule has 0 aliphatic carbocycles. The summed E-state index contributed by atoms with van der Waals surface area (Å²) >= 11 is 0. The molecule has 0 atom stereocenters. The van der Waals surface area contributed by atoms with E-state index in [2.05, 4.69) is 28.9 Å². The van der Waals surface area contributed by atoms with Gasteiger partial charge in [0.15, 0.2) is 0 Å². The van der Waals surface area contributed by atoms with Gasteiger partial charge in [0.2, 0.25) is 0 Å². The molecule has 1 N–H and O–H groups in total. The minimum Gasteiger partial charge on any atom is -0.465 e. The number of pyridine rings is 1. The predicted octanol–water partition coefficient (Wildman–Crippen LogP) is 2.33. The summed E-state index contributed by atoms with van der Waals surface area (Å²) in [6.45, 7) is 5.11. The van der Waals surface area contributed by atoms with E-state index in [1.54, 1.807) is 18.3 Å². The fourth-order valence-electron chi connectivity index (χ4n) is 1.30. The number of carbonyl (C=O) groups is 1. The Bertz CT molecular complexity index is 351. The van der Waals surface area contributed by atoms with Crippen molar-refractivity contribution in [3.8, 4) is 0 Å². The Morgan fingerprint density at radius 3 is 2.94 bits per heavy atom. The summed E-state index contributed by atoms with van der Waals surface area (Å²) < 4.78 is 4.69. The summed E-state index contributed by atoms with van der Waals surface area (Å²) in [7, 11) is 1.37. The van der Waals surface area contributed by atoms with Crippen molar-refractivity contribution in [2.24, 2.45) is 5.92 Å². The van der Waals surface area contributed by atoms with Crippen LogP contribution in [0.1, 0.15) is 30.6 Å². The van der Waals surface area contributed by atoms with Crippen LogP contribution in [0.4, 0.5) is 5.82 Å². The lowest BCUT2D eigenvalue weighted by Crippen LogP contribution is -2.11. The second kappa shape index (κ2) is 6.10. The molecule has 0 fully saturated rings. The molecule has 4 nitrogen and oxygen atoms in total. The van der Waals surface area contributed by atoms with E-state index in [1.165, 1.54) is 7.11 Å². The van der Waals surface area contributed by atoms with E-state index in [0.29, 0.717) is 17.3 Å². The number of nitrogens with one attached hydrogen (secondary N) is 1. The molecule has 0 aliphatic rings. The van der Waals surface area contributed by atoms with Crippen LogP contribution in [0.3, 0.4) is 0 Å². The van der Waals surface area contributed by atoms with Crippen molar-refractivity contribution in [3.63, 3.8) is 0 Å². The highest BCUT2D eigenvalue weighted by atomic mass is 16.5. The van der Waals surface area contributed by atoms with Gasteiger partial charge < -0.3 is 10.1 Å². The maximum absolute atomic E-state index is 11.4. The van der Waals surface area contributed by atoms with Crippen LogP contribution in [0.15, 0.2) is 18.3 Å². The van der Waals surface area contributed by atoms with Gasteiger partial charge in [-0.1, -0.05) is 13.8 Å². The second-order valence-electron chi connectivity index (χ2n) is 4.00. The molecule has 1 heterocycles. The summed E-state index contributed by atoms with van der Waals surface area (Å²) in [5, 5.41) is 3.15. The molecule has 16 heavy (non-hydrogen) atoms. The van der Waals surface area contributed by atoms with Crippen LogP contribution in [0.2, 0.25) is 0 Å². The largest absolute Gasteiger partial charge is 0.465 e. The minimum atomic E-state index is -0.361. The van der Waals surface area contributed by atoms with Crippen molar-refractivity contribution in [2.75, 3.05) is 19.0 Å². The Hall–Kier alpha value is -1.58. The number of ether oxygens (including phenoxy) is 1. The molecule has 1 aromatic heterocycles. The molecule has 1 rings (SSSR count). The third-order valence-electron chi connectivity index (χ3n) is 2.23. The maximum atomic E-state index is 11.4. The monoisotopic (exact) mass is 222 g/mol. The fourth-order valence-corrected chi connectivity index (χ4v) is 1.30. The second-order valence-corrected chi connectivity index (χ2v) is 4.00. The zero-order valence-electron chi connectivity index (χ0n) is 9.99. The van der Waals surface area contributed by atoms with Crippen LogP contribution in [0.25, 0.3) is 0 Å². The third-order valence-corrected chi connectivity index (χ3v) is 2.23. The first-order valence-electron chi connectivity index (χ1n) is 5.42. The average Bonchev–Trinajstić information content (AvgIpc) is 2.28. The third kappa shape index (κ3) is 3.53. The lowest BCUT2D eigenvalue weighted by molar-refractivity contribution is 0.0601. The highest BCUT2D eigenvalue weighted by Gasteiger charge is 2.11.